The van der Waals surface area contributed by atoms with Crippen molar-refractivity contribution in [2.45, 2.75) is 51.1 Å². The lowest BCUT2D eigenvalue weighted by Gasteiger charge is -2.39. The van der Waals surface area contributed by atoms with Gasteiger partial charge in [-0.05, 0) is 24.0 Å². The number of likely N-dealkylation sites (tertiary alicyclic amines) is 1. The molecule has 1 aliphatic heterocycles. The molecule has 0 bridgehead atoms. The van der Waals surface area contributed by atoms with E-state index < -0.39 is 0 Å². The molecule has 0 aliphatic carbocycles. The molecule has 118 valence electrons. The predicted molar refractivity (Wildman–Crippen MR) is 86.6 cm³/mol. The molecule has 1 aromatic heterocycles. The number of nitrogens with zero attached hydrogens (tertiary/aromatic N) is 1. The number of rotatable bonds is 4. The van der Waals surface area contributed by atoms with E-state index in [1.54, 1.807) is 18.4 Å². The molecule has 2 atom stereocenters. The van der Waals surface area contributed by atoms with Crippen molar-refractivity contribution in [3.63, 3.8) is 0 Å². The Balaban J connectivity index is 2.27. The third kappa shape index (κ3) is 3.65. The Bertz CT molecular complexity index is 493. The summed E-state index contributed by atoms with van der Waals surface area (Å²) in [7, 11) is 1.66. The number of piperidine rings is 1. The quantitative estimate of drug-likeness (QED) is 0.930. The van der Waals surface area contributed by atoms with Crippen LogP contribution in [-0.2, 0) is 14.9 Å². The number of hydrogen-bond donors (Lipinski definition) is 1. The Hall–Kier alpha value is -0.910. The molecule has 1 fully saturated rings. The number of ether oxygens (including phenoxy) is 1. The molecule has 1 aliphatic rings. The minimum absolute atomic E-state index is 0.00558. The van der Waals surface area contributed by atoms with Crippen molar-refractivity contribution in [1.82, 2.24) is 4.90 Å². The molecular weight excluding hydrogens is 284 g/mol. The fourth-order valence-corrected chi connectivity index (χ4v) is 3.97. The second-order valence-electron chi connectivity index (χ2n) is 6.68. The summed E-state index contributed by atoms with van der Waals surface area (Å²) >= 11 is 1.77. The van der Waals surface area contributed by atoms with Crippen LogP contribution in [0.5, 0.6) is 0 Å². The molecule has 2 N–H and O–H groups in total. The molecule has 1 aromatic rings. The van der Waals surface area contributed by atoms with Crippen LogP contribution in [0.15, 0.2) is 12.1 Å². The van der Waals surface area contributed by atoms with Crippen LogP contribution >= 0.6 is 11.3 Å². The fourth-order valence-electron chi connectivity index (χ4n) is 2.71. The monoisotopic (exact) mass is 310 g/mol. The number of amides is 1. The minimum Gasteiger partial charge on any atom is -0.383 e. The van der Waals surface area contributed by atoms with E-state index in [2.05, 4.69) is 32.9 Å². The SMILES string of the molecule is COCCN1C(=O)CCC(N)C1c1ccc(C(C)(C)C)s1. The first-order chi connectivity index (χ1) is 9.84. The summed E-state index contributed by atoms with van der Waals surface area (Å²) in [5.41, 5.74) is 6.45. The van der Waals surface area contributed by atoms with E-state index in [1.165, 1.54) is 9.75 Å². The zero-order valence-electron chi connectivity index (χ0n) is 13.4. The summed E-state index contributed by atoms with van der Waals surface area (Å²) in [5, 5.41) is 0. The maximum Gasteiger partial charge on any atom is 0.223 e. The van der Waals surface area contributed by atoms with Crippen LogP contribution in [0.25, 0.3) is 0 Å². The number of thiophene rings is 1. The van der Waals surface area contributed by atoms with E-state index in [1.807, 2.05) is 4.90 Å². The average Bonchev–Trinajstić information content (AvgIpc) is 2.89. The van der Waals surface area contributed by atoms with Gasteiger partial charge in [-0.25, -0.2) is 0 Å². The molecule has 21 heavy (non-hydrogen) atoms. The van der Waals surface area contributed by atoms with Gasteiger partial charge in [0.2, 0.25) is 5.91 Å². The van der Waals surface area contributed by atoms with Gasteiger partial charge >= 0.3 is 0 Å². The highest BCUT2D eigenvalue weighted by atomic mass is 32.1. The van der Waals surface area contributed by atoms with Crippen molar-refractivity contribution in [1.29, 1.82) is 0 Å². The topological polar surface area (TPSA) is 55.6 Å². The van der Waals surface area contributed by atoms with E-state index in [0.29, 0.717) is 19.6 Å². The van der Waals surface area contributed by atoms with Crippen LogP contribution in [0.1, 0.15) is 49.4 Å². The van der Waals surface area contributed by atoms with E-state index in [9.17, 15) is 4.79 Å². The summed E-state index contributed by atoms with van der Waals surface area (Å²) in [5.74, 6) is 0.185. The van der Waals surface area contributed by atoms with Crippen molar-refractivity contribution in [3.8, 4) is 0 Å². The van der Waals surface area contributed by atoms with Gasteiger partial charge in [-0.15, -0.1) is 11.3 Å². The minimum atomic E-state index is -0.0116. The Labute approximate surface area is 131 Å². The molecule has 0 aromatic carbocycles. The van der Waals surface area contributed by atoms with Crippen molar-refractivity contribution in [2.75, 3.05) is 20.3 Å². The largest absolute Gasteiger partial charge is 0.383 e. The molecule has 2 unspecified atom stereocenters. The van der Waals surface area contributed by atoms with E-state index in [0.717, 1.165) is 6.42 Å². The molecule has 0 radical (unpaired) electrons. The van der Waals surface area contributed by atoms with Gasteiger partial charge in [0.1, 0.15) is 0 Å². The zero-order chi connectivity index (χ0) is 15.6. The summed E-state index contributed by atoms with van der Waals surface area (Å²) in [6, 6.07) is 4.29. The number of methoxy groups -OCH3 is 1. The van der Waals surface area contributed by atoms with Crippen LogP contribution in [0.4, 0.5) is 0 Å². The van der Waals surface area contributed by atoms with Gasteiger partial charge in [0, 0.05) is 35.9 Å². The molecule has 5 heteroatoms. The molecular formula is C16H26N2O2S. The zero-order valence-corrected chi connectivity index (χ0v) is 14.2. The highest BCUT2D eigenvalue weighted by molar-refractivity contribution is 7.12. The van der Waals surface area contributed by atoms with Gasteiger partial charge in [-0.2, -0.15) is 0 Å². The fraction of sp³-hybridized carbons (Fsp3) is 0.688. The lowest BCUT2D eigenvalue weighted by atomic mass is 9.93. The Morgan fingerprint density at radius 1 is 1.43 bits per heavy atom. The van der Waals surface area contributed by atoms with E-state index in [4.69, 9.17) is 10.5 Å². The predicted octanol–water partition coefficient (Wildman–Crippen LogP) is 2.68. The first-order valence-electron chi connectivity index (χ1n) is 7.49. The molecule has 1 amide bonds. The normalized spacial score (nSPS) is 23.7. The molecule has 4 nitrogen and oxygen atoms in total. The average molecular weight is 310 g/mol. The summed E-state index contributed by atoms with van der Waals surface area (Å²) in [6.07, 6.45) is 1.30. The Morgan fingerprint density at radius 3 is 2.71 bits per heavy atom. The number of hydrogen-bond acceptors (Lipinski definition) is 4. The van der Waals surface area contributed by atoms with Gasteiger partial charge in [-0.1, -0.05) is 20.8 Å². The van der Waals surface area contributed by atoms with E-state index in [-0.39, 0.29) is 23.4 Å². The van der Waals surface area contributed by atoms with Crippen LogP contribution in [0.2, 0.25) is 0 Å². The highest BCUT2D eigenvalue weighted by Gasteiger charge is 2.36. The standard InChI is InChI=1S/C16H26N2O2S/c1-16(2,3)13-7-6-12(21-13)15-11(17)5-8-14(19)18(15)9-10-20-4/h6-7,11,15H,5,8-10,17H2,1-4H3. The lowest BCUT2D eigenvalue weighted by Crippen LogP contribution is -2.49. The smallest absolute Gasteiger partial charge is 0.223 e. The lowest BCUT2D eigenvalue weighted by molar-refractivity contribution is -0.138. The molecule has 1 saturated heterocycles. The van der Waals surface area contributed by atoms with Gasteiger partial charge in [-0.3, -0.25) is 4.79 Å². The van der Waals surface area contributed by atoms with Crippen molar-refractivity contribution in [2.24, 2.45) is 5.73 Å². The van der Waals surface area contributed by atoms with Crippen LogP contribution in [0, 0.1) is 0 Å². The number of nitrogens with two attached hydrogens (primary N) is 1. The molecule has 2 heterocycles. The first-order valence-corrected chi connectivity index (χ1v) is 8.30. The van der Waals surface area contributed by atoms with Crippen molar-refractivity contribution >= 4 is 17.2 Å². The third-order valence-electron chi connectivity index (χ3n) is 3.95. The number of carbonyl (C=O) groups is 1. The second kappa shape index (κ2) is 6.46. The highest BCUT2D eigenvalue weighted by Crippen LogP contribution is 2.38. The van der Waals surface area contributed by atoms with Gasteiger partial charge in [0.05, 0.1) is 12.6 Å². The van der Waals surface area contributed by atoms with Crippen LogP contribution < -0.4 is 5.73 Å². The Morgan fingerprint density at radius 2 is 2.14 bits per heavy atom. The molecule has 0 spiro atoms. The van der Waals surface area contributed by atoms with Gasteiger partial charge in [0.15, 0.2) is 0 Å². The third-order valence-corrected chi connectivity index (χ3v) is 5.53. The summed E-state index contributed by atoms with van der Waals surface area (Å²) in [4.78, 5) is 16.7. The molecule has 0 saturated carbocycles. The van der Waals surface area contributed by atoms with Crippen LogP contribution in [-0.4, -0.2) is 37.1 Å². The maximum absolute atomic E-state index is 12.3. The van der Waals surface area contributed by atoms with Gasteiger partial charge in [0.25, 0.3) is 0 Å². The maximum atomic E-state index is 12.3. The van der Waals surface area contributed by atoms with Crippen molar-refractivity contribution < 1.29 is 9.53 Å². The molecule has 2 rings (SSSR count). The van der Waals surface area contributed by atoms with Crippen LogP contribution in [0.3, 0.4) is 0 Å². The number of carbonyl (C=O) groups excluding carboxylic acids is 1. The Kier molecular flexibility index (Phi) is 5.07. The van der Waals surface area contributed by atoms with E-state index >= 15 is 0 Å². The van der Waals surface area contributed by atoms with Gasteiger partial charge < -0.3 is 15.4 Å². The summed E-state index contributed by atoms with van der Waals surface area (Å²) < 4.78 is 5.14. The van der Waals surface area contributed by atoms with Crippen molar-refractivity contribution in [3.05, 3.63) is 21.9 Å². The second-order valence-corrected chi connectivity index (χ2v) is 7.79. The first kappa shape index (κ1) is 16.5. The summed E-state index contributed by atoms with van der Waals surface area (Å²) in [6.45, 7) is 7.77.